The molecule has 0 aliphatic carbocycles. The highest BCUT2D eigenvalue weighted by molar-refractivity contribution is 5.76. The van der Waals surface area contributed by atoms with E-state index in [0.29, 0.717) is 12.1 Å². The average Bonchev–Trinajstić information content (AvgIpc) is 0.858. The first kappa shape index (κ1) is 87.0. The van der Waals surface area contributed by atoms with E-state index in [1.165, 1.54) is 32.7 Å². The van der Waals surface area contributed by atoms with E-state index >= 15 is 0 Å². The Morgan fingerprint density at radius 1 is 0.557 bits per heavy atom. The number of ether oxygens (including phenoxy) is 12. The van der Waals surface area contributed by atoms with Crippen molar-refractivity contribution in [1.82, 2.24) is 25.3 Å². The van der Waals surface area contributed by atoms with Crippen LogP contribution in [0.3, 0.4) is 0 Å². The number of nitrogen functional groups attached to an aromatic ring is 1. The lowest BCUT2D eigenvalue weighted by atomic mass is 9.92. The topological polar surface area (TPSA) is 625 Å². The largest absolute Gasteiger partial charge is 0.394 e. The van der Waals surface area contributed by atoms with E-state index in [1.54, 1.807) is 32.3 Å². The third-order valence-electron chi connectivity index (χ3n) is 17.0. The van der Waals surface area contributed by atoms with Gasteiger partial charge in [-0.25, -0.2) is 9.67 Å². The summed E-state index contributed by atoms with van der Waals surface area (Å²) in [5, 5.41) is 140. The number of hydrogen-bond donors (Lipinski definition) is 21. The fourth-order valence-corrected chi connectivity index (χ4v) is 12.2. The Labute approximate surface area is 564 Å². The monoisotopic (exact) mass is 1410 g/mol. The minimum absolute atomic E-state index is 0. The molecular weight excluding hydrogens is 1290 g/mol. The number of carbonyl (C=O) groups excluding carboxylic acids is 2. The lowest BCUT2D eigenvalue weighted by molar-refractivity contribution is -0.344. The fraction of sp³-hybridized carbons (Fsp3) is 0.879. The number of aromatic nitrogens is 2. The van der Waals surface area contributed by atoms with Crippen LogP contribution in [0, 0.1) is 5.41 Å². The summed E-state index contributed by atoms with van der Waals surface area (Å²) in [6, 6.07) is -3.76. The molecule has 0 saturated carbocycles. The molecule has 6 saturated heterocycles. The number of aliphatic imine (C=N–C) groups is 1. The molecule has 7 heterocycles. The summed E-state index contributed by atoms with van der Waals surface area (Å²) in [5.74, 6) is -1.39. The van der Waals surface area contributed by atoms with Gasteiger partial charge in [0, 0.05) is 52.5 Å². The van der Waals surface area contributed by atoms with Gasteiger partial charge in [0.1, 0.15) is 116 Å². The minimum Gasteiger partial charge on any atom is -0.394 e. The molecule has 6 aliphatic rings. The van der Waals surface area contributed by atoms with Crippen molar-refractivity contribution in [3.05, 3.63) is 18.5 Å². The van der Waals surface area contributed by atoms with Crippen molar-refractivity contribution < 1.29 is 128 Å². The van der Waals surface area contributed by atoms with E-state index in [9.17, 15) is 70.9 Å². The quantitative estimate of drug-likeness (QED) is 0.0379. The van der Waals surface area contributed by atoms with Gasteiger partial charge in [-0.2, -0.15) is 5.10 Å². The summed E-state index contributed by atoms with van der Waals surface area (Å²) in [6.07, 6.45) is -26.1. The smallest absolute Gasteiger partial charge is 0.217 e. The van der Waals surface area contributed by atoms with Crippen LogP contribution in [0.1, 0.15) is 69.7 Å². The molecule has 1 aromatic heterocycles. The van der Waals surface area contributed by atoms with Gasteiger partial charge < -0.3 is 163 Å². The van der Waals surface area contributed by atoms with Gasteiger partial charge in [0.2, 0.25) is 17.8 Å². The normalized spacial score (nSPS) is 39.8. The molecule has 39 heteroatoms. The van der Waals surface area contributed by atoms with Gasteiger partial charge in [-0.05, 0) is 54.2 Å². The first-order valence-corrected chi connectivity index (χ1v) is 31.6. The molecular formula is C58H113N13O26. The number of nitrogens with zero attached hydrogens (tertiary/aromatic N) is 4. The number of nitrogens with one attached hydrogen (secondary N) is 3. The Balaban J connectivity index is 0.000000403. The van der Waals surface area contributed by atoms with E-state index < -0.39 is 241 Å². The fourth-order valence-electron chi connectivity index (χ4n) is 12.2. The van der Waals surface area contributed by atoms with Crippen molar-refractivity contribution in [2.45, 2.75) is 265 Å². The van der Waals surface area contributed by atoms with Crippen LogP contribution >= 0.6 is 0 Å². The Bertz CT molecular complexity index is 2440. The standard InChI is InChI=1S/C23H43N5O13.C22H41N3O13.C8H19N.C4H6N4.CH4/c1-7-13(27-8(2)32)16(34)19(10(5-30)37-7)41-22-14(28-23(25)26)17(35)20(11(6-31)39-22)40-21-12(24)15(33)18(36-3)9(4-29)38-21;1-7-14(25-8(2)29)17(32)20(10(5-27)34-7)38-22-13(24)16(31)19(11(6-28)36-22)37-21-12(23)15(30)18(33-3)9(4-26)35-21;1-6-9(7(2)3)8(4)5;5-4(6)8-3-1-2-7-8;/h7,9-22,29-31,33-35H,4-6,24H2,1-3H3,(H,27,32)(H4,25,26,28);7,9-22,26-28,30-32H,4-6,23-24H2,1-3H3,(H,25,29);7-8H,6H2,1-5H3;1-3H,(H3,5,6);1H4. The van der Waals surface area contributed by atoms with Crippen molar-refractivity contribution in [2.75, 3.05) is 60.4 Å². The number of carbonyl (C=O) groups is 2. The van der Waals surface area contributed by atoms with Crippen LogP contribution in [0.25, 0.3) is 0 Å². The Kier molecular flexibility index (Phi) is 36.8. The van der Waals surface area contributed by atoms with Crippen LogP contribution in [0.5, 0.6) is 0 Å². The number of methoxy groups -OCH3 is 2. The summed E-state index contributed by atoms with van der Waals surface area (Å²) in [7, 11) is 2.63. The lowest BCUT2D eigenvalue weighted by Gasteiger charge is -2.49. The SMILES string of the molecule is C.CCN(C(C)C)C(C)C.COC1C(CO)OC(OC2C(CO)OC(OC3C(CO)OC(C)C(NC(C)=O)C3O)C(N)C2O)C(N)C1O.COC1C(CO)OC(OC2C(CO)OC(OC3C(CO)OC(C)C(NC(C)=O)C3O)C(N=C(N)N)C2O)C(N)C1O.N=C(N)n1cccn1. The molecule has 30 unspecified atom stereocenters. The van der Waals surface area contributed by atoms with Crippen LogP contribution in [-0.4, -0.2) is 356 Å². The number of nitrogens with two attached hydrogens (primary N) is 6. The van der Waals surface area contributed by atoms with Crippen LogP contribution in [0.4, 0.5) is 0 Å². The van der Waals surface area contributed by atoms with E-state index in [-0.39, 0.29) is 13.4 Å². The first-order valence-electron chi connectivity index (χ1n) is 31.6. The summed E-state index contributed by atoms with van der Waals surface area (Å²) < 4.78 is 69.5. The molecule has 30 atom stereocenters. The predicted molar refractivity (Wildman–Crippen MR) is 341 cm³/mol. The van der Waals surface area contributed by atoms with E-state index in [1.807, 2.05) is 0 Å². The maximum Gasteiger partial charge on any atom is 0.217 e. The molecule has 0 aromatic carbocycles. The number of hydrogen-bond acceptors (Lipinski definition) is 33. The maximum atomic E-state index is 11.7. The zero-order valence-electron chi connectivity index (χ0n) is 56.0. The third-order valence-corrected chi connectivity index (χ3v) is 17.0. The molecule has 6 fully saturated rings. The Morgan fingerprint density at radius 3 is 1.13 bits per heavy atom. The minimum atomic E-state index is -1.65. The lowest BCUT2D eigenvalue weighted by Crippen LogP contribution is -2.69. The highest BCUT2D eigenvalue weighted by Gasteiger charge is 2.56. The van der Waals surface area contributed by atoms with Crippen LogP contribution < -0.4 is 45.0 Å². The van der Waals surface area contributed by atoms with Crippen LogP contribution in [0.15, 0.2) is 23.5 Å². The van der Waals surface area contributed by atoms with Crippen LogP contribution in [0.2, 0.25) is 0 Å². The van der Waals surface area contributed by atoms with Crippen LogP contribution in [-0.2, 0) is 66.4 Å². The third kappa shape index (κ3) is 22.6. The molecule has 566 valence electrons. The number of amides is 2. The van der Waals surface area contributed by atoms with E-state index in [4.69, 9.17) is 96.7 Å². The van der Waals surface area contributed by atoms with Gasteiger partial charge in [-0.1, -0.05) is 14.4 Å². The number of aliphatic hydroxyl groups is 12. The Morgan fingerprint density at radius 2 is 0.866 bits per heavy atom. The second-order valence-corrected chi connectivity index (χ2v) is 24.4. The second kappa shape index (κ2) is 41.0. The summed E-state index contributed by atoms with van der Waals surface area (Å²) >= 11 is 0. The maximum absolute atomic E-state index is 11.7. The molecule has 2 amide bonds. The zero-order chi connectivity index (χ0) is 72.3. The molecule has 7 rings (SSSR count). The van der Waals surface area contributed by atoms with Crippen molar-refractivity contribution in [1.29, 1.82) is 5.41 Å². The number of rotatable bonds is 22. The van der Waals surface area contributed by atoms with E-state index in [0.717, 1.165) is 6.54 Å². The van der Waals surface area contributed by atoms with Crippen molar-refractivity contribution in [3.8, 4) is 0 Å². The van der Waals surface area contributed by atoms with Gasteiger partial charge in [0.25, 0.3) is 0 Å². The van der Waals surface area contributed by atoms with Crippen molar-refractivity contribution in [3.63, 3.8) is 0 Å². The molecule has 97 heavy (non-hydrogen) atoms. The molecule has 0 bridgehead atoms. The summed E-state index contributed by atoms with van der Waals surface area (Å²) in [5.41, 5.74) is 34.6. The highest BCUT2D eigenvalue weighted by Crippen LogP contribution is 2.36. The van der Waals surface area contributed by atoms with Gasteiger partial charge >= 0.3 is 0 Å². The summed E-state index contributed by atoms with van der Waals surface area (Å²) in [4.78, 5) is 29.8. The van der Waals surface area contributed by atoms with Crippen molar-refractivity contribution >= 4 is 23.7 Å². The van der Waals surface area contributed by atoms with Gasteiger partial charge in [0.05, 0.1) is 82.1 Å². The number of guanidine groups is 1. The molecule has 0 radical (unpaired) electrons. The molecule has 6 aliphatic heterocycles. The van der Waals surface area contributed by atoms with Gasteiger partial charge in [-0.3, -0.25) is 19.9 Å². The van der Waals surface area contributed by atoms with E-state index in [2.05, 4.69) is 60.2 Å². The highest BCUT2D eigenvalue weighted by atomic mass is 16.8. The zero-order valence-corrected chi connectivity index (χ0v) is 56.0. The Hall–Kier alpha value is -4.23. The second-order valence-electron chi connectivity index (χ2n) is 24.4. The molecule has 27 N–H and O–H groups in total. The number of aliphatic hydroxyl groups excluding tert-OH is 12. The predicted octanol–water partition coefficient (Wildman–Crippen LogP) is -9.84. The van der Waals surface area contributed by atoms with Gasteiger partial charge in [-0.15, -0.1) is 0 Å². The van der Waals surface area contributed by atoms with Crippen molar-refractivity contribution in [2.24, 2.45) is 39.4 Å². The molecule has 1 aromatic rings. The summed E-state index contributed by atoms with van der Waals surface area (Å²) in [6.45, 7) is 14.5. The first-order chi connectivity index (χ1) is 45.2. The molecule has 0 spiro atoms. The molecule has 39 nitrogen and oxygen atoms in total. The average molecular weight is 1410 g/mol. The van der Waals surface area contributed by atoms with Gasteiger partial charge in [0.15, 0.2) is 31.1 Å².